The summed E-state index contributed by atoms with van der Waals surface area (Å²) >= 11 is 1.61. The van der Waals surface area contributed by atoms with E-state index in [9.17, 15) is 4.79 Å². The normalized spacial score (nSPS) is 14.9. The molecule has 1 aliphatic rings. The number of morpholine rings is 1. The van der Waals surface area contributed by atoms with Crippen molar-refractivity contribution in [1.82, 2.24) is 4.98 Å². The van der Waals surface area contributed by atoms with Crippen LogP contribution in [0.3, 0.4) is 0 Å². The van der Waals surface area contributed by atoms with Gasteiger partial charge in [0, 0.05) is 5.56 Å². The summed E-state index contributed by atoms with van der Waals surface area (Å²) in [6.45, 7) is 13.5. The number of nitrogens with one attached hydrogen (secondary N) is 1. The van der Waals surface area contributed by atoms with Crippen LogP contribution in [0, 0.1) is 27.7 Å². The van der Waals surface area contributed by atoms with E-state index in [2.05, 4.69) is 39.8 Å². The van der Waals surface area contributed by atoms with Gasteiger partial charge >= 0.3 is 0 Å². The van der Waals surface area contributed by atoms with Crippen LogP contribution in [-0.4, -0.2) is 50.3 Å². The molecule has 30 heavy (non-hydrogen) atoms. The summed E-state index contributed by atoms with van der Waals surface area (Å²) in [6.07, 6.45) is 0. The number of nitrogens with zero attached hydrogens (tertiary/aromatic N) is 2. The second kappa shape index (κ2) is 8.84. The SMILES string of the molecule is Cc1ccc(C(=O)N(CC[NH+]2CCOCC2)c2nc3cc(C)c(C)cc3s2)cc1C. The smallest absolute Gasteiger partial charge is 0.260 e. The number of hydrogen-bond donors (Lipinski definition) is 1. The van der Waals surface area contributed by atoms with E-state index in [1.807, 2.05) is 23.1 Å². The number of amides is 1. The van der Waals surface area contributed by atoms with E-state index >= 15 is 0 Å². The van der Waals surface area contributed by atoms with E-state index in [4.69, 9.17) is 9.72 Å². The predicted molar refractivity (Wildman–Crippen MR) is 123 cm³/mol. The molecule has 0 atom stereocenters. The third-order valence-electron chi connectivity index (χ3n) is 6.11. The number of hydrogen-bond acceptors (Lipinski definition) is 4. The molecule has 5 nitrogen and oxygen atoms in total. The van der Waals surface area contributed by atoms with Crippen LogP contribution in [0.5, 0.6) is 0 Å². The van der Waals surface area contributed by atoms with Gasteiger partial charge in [-0.25, -0.2) is 4.98 Å². The third-order valence-corrected chi connectivity index (χ3v) is 7.15. The highest BCUT2D eigenvalue weighted by Gasteiger charge is 2.24. The van der Waals surface area contributed by atoms with Crippen molar-refractivity contribution in [3.63, 3.8) is 0 Å². The topological polar surface area (TPSA) is 46.9 Å². The molecule has 0 bridgehead atoms. The number of quaternary nitrogens is 1. The van der Waals surface area contributed by atoms with Crippen LogP contribution in [0.1, 0.15) is 32.6 Å². The van der Waals surface area contributed by atoms with Crippen molar-refractivity contribution >= 4 is 32.6 Å². The standard InChI is InChI=1S/C24H29N3O2S/c1-16-5-6-20(13-17(16)2)23(28)27(8-7-26-9-11-29-12-10-26)24-25-21-14-18(3)19(4)15-22(21)30-24/h5-6,13-15H,7-12H2,1-4H3/p+1. The molecule has 1 amide bonds. The number of thiazole rings is 1. The highest BCUT2D eigenvalue weighted by Crippen LogP contribution is 2.31. The lowest BCUT2D eigenvalue weighted by Gasteiger charge is -2.27. The lowest BCUT2D eigenvalue weighted by Crippen LogP contribution is -3.14. The summed E-state index contributed by atoms with van der Waals surface area (Å²) in [7, 11) is 0. The second-order valence-corrected chi connectivity index (χ2v) is 9.28. The van der Waals surface area contributed by atoms with Crippen LogP contribution in [-0.2, 0) is 4.74 Å². The molecule has 2 heterocycles. The Hall–Kier alpha value is -2.28. The molecule has 158 valence electrons. The Morgan fingerprint density at radius 1 is 1.03 bits per heavy atom. The van der Waals surface area contributed by atoms with Crippen LogP contribution >= 0.6 is 11.3 Å². The molecule has 1 saturated heterocycles. The molecule has 1 aliphatic heterocycles. The van der Waals surface area contributed by atoms with Crippen molar-refractivity contribution in [2.24, 2.45) is 0 Å². The van der Waals surface area contributed by atoms with Gasteiger partial charge in [0.1, 0.15) is 13.1 Å². The van der Waals surface area contributed by atoms with E-state index in [1.165, 1.54) is 21.6 Å². The molecule has 1 aromatic heterocycles. The number of rotatable bonds is 5. The van der Waals surface area contributed by atoms with E-state index in [-0.39, 0.29) is 5.91 Å². The van der Waals surface area contributed by atoms with Gasteiger partial charge in [-0.05, 0) is 74.2 Å². The van der Waals surface area contributed by atoms with E-state index in [1.54, 1.807) is 11.3 Å². The maximum atomic E-state index is 13.6. The van der Waals surface area contributed by atoms with Gasteiger partial charge in [-0.15, -0.1) is 0 Å². The molecule has 1 N–H and O–H groups in total. The van der Waals surface area contributed by atoms with E-state index in [0.29, 0.717) is 6.54 Å². The maximum absolute atomic E-state index is 13.6. The molecule has 0 radical (unpaired) electrons. The van der Waals surface area contributed by atoms with E-state index < -0.39 is 0 Å². The summed E-state index contributed by atoms with van der Waals surface area (Å²) in [5.41, 5.74) is 6.50. The Morgan fingerprint density at radius 2 is 1.73 bits per heavy atom. The average molecular weight is 425 g/mol. The van der Waals surface area contributed by atoms with Crippen molar-refractivity contribution in [1.29, 1.82) is 0 Å². The first kappa shape index (κ1) is 21.0. The van der Waals surface area contributed by atoms with Gasteiger partial charge in [0.25, 0.3) is 5.91 Å². The first-order valence-electron chi connectivity index (χ1n) is 10.6. The van der Waals surface area contributed by atoms with Crippen molar-refractivity contribution in [2.45, 2.75) is 27.7 Å². The number of fused-ring (bicyclic) bond motifs is 1. The van der Waals surface area contributed by atoms with Crippen LogP contribution in [0.2, 0.25) is 0 Å². The highest BCUT2D eigenvalue weighted by atomic mass is 32.1. The van der Waals surface area contributed by atoms with Gasteiger partial charge in [0.15, 0.2) is 5.13 Å². The first-order valence-corrected chi connectivity index (χ1v) is 11.4. The molecular formula is C24H30N3O2S+. The first-order chi connectivity index (χ1) is 14.4. The Labute approximate surface area is 182 Å². The molecule has 3 aromatic rings. The van der Waals surface area contributed by atoms with Crippen LogP contribution in [0.4, 0.5) is 5.13 Å². The van der Waals surface area contributed by atoms with Gasteiger partial charge in [0.05, 0.1) is 36.5 Å². The molecule has 0 unspecified atom stereocenters. The zero-order chi connectivity index (χ0) is 21.3. The van der Waals surface area contributed by atoms with Crippen molar-refractivity contribution in [3.05, 3.63) is 58.1 Å². The minimum Gasteiger partial charge on any atom is -0.370 e. The number of carbonyl (C=O) groups is 1. The highest BCUT2D eigenvalue weighted by molar-refractivity contribution is 7.22. The van der Waals surface area contributed by atoms with E-state index in [0.717, 1.165) is 59.3 Å². The number of aryl methyl sites for hydroxylation is 4. The molecule has 4 rings (SSSR count). The summed E-state index contributed by atoms with van der Waals surface area (Å²) in [5, 5.41) is 0.783. The van der Waals surface area contributed by atoms with Gasteiger partial charge in [-0.1, -0.05) is 17.4 Å². The lowest BCUT2D eigenvalue weighted by molar-refractivity contribution is -0.906. The number of aromatic nitrogens is 1. The molecule has 0 saturated carbocycles. The Balaban J connectivity index is 1.67. The van der Waals surface area contributed by atoms with Crippen molar-refractivity contribution in [2.75, 3.05) is 44.3 Å². The van der Waals surface area contributed by atoms with Crippen LogP contribution < -0.4 is 9.80 Å². The predicted octanol–water partition coefficient (Wildman–Crippen LogP) is 3.09. The van der Waals surface area contributed by atoms with Crippen molar-refractivity contribution in [3.8, 4) is 0 Å². The molecule has 2 aromatic carbocycles. The fourth-order valence-corrected chi connectivity index (χ4v) is 4.85. The largest absolute Gasteiger partial charge is 0.370 e. The summed E-state index contributed by atoms with van der Waals surface area (Å²) in [6, 6.07) is 10.3. The average Bonchev–Trinajstić information content (AvgIpc) is 3.13. The lowest BCUT2D eigenvalue weighted by atomic mass is 10.1. The summed E-state index contributed by atoms with van der Waals surface area (Å²) < 4.78 is 6.61. The molecule has 6 heteroatoms. The maximum Gasteiger partial charge on any atom is 0.260 e. The van der Waals surface area contributed by atoms with Gasteiger partial charge in [-0.3, -0.25) is 9.69 Å². The van der Waals surface area contributed by atoms with Gasteiger partial charge < -0.3 is 9.64 Å². The third kappa shape index (κ3) is 4.41. The number of carbonyl (C=O) groups excluding carboxylic acids is 1. The molecule has 1 fully saturated rings. The monoisotopic (exact) mass is 424 g/mol. The van der Waals surface area contributed by atoms with Crippen molar-refractivity contribution < 1.29 is 14.4 Å². The zero-order valence-corrected chi connectivity index (χ0v) is 19.1. The Kier molecular flexibility index (Phi) is 6.18. The Bertz CT molecular complexity index is 1030. The van der Waals surface area contributed by atoms with Crippen LogP contribution in [0.25, 0.3) is 10.2 Å². The summed E-state index contributed by atoms with van der Waals surface area (Å²) in [5.74, 6) is 0.0262. The van der Waals surface area contributed by atoms with Crippen LogP contribution in [0.15, 0.2) is 30.3 Å². The fraction of sp³-hybridized carbons (Fsp3) is 0.417. The quantitative estimate of drug-likeness (QED) is 0.685. The molecule has 0 aliphatic carbocycles. The Morgan fingerprint density at radius 3 is 2.47 bits per heavy atom. The molecule has 0 spiro atoms. The zero-order valence-electron chi connectivity index (χ0n) is 18.2. The number of ether oxygens (including phenoxy) is 1. The molecular weight excluding hydrogens is 394 g/mol. The minimum absolute atomic E-state index is 0.0262. The number of benzene rings is 2. The summed E-state index contributed by atoms with van der Waals surface area (Å²) in [4.78, 5) is 21.8. The minimum atomic E-state index is 0.0262. The van der Waals surface area contributed by atoms with Gasteiger partial charge in [-0.2, -0.15) is 0 Å². The number of anilines is 1. The fourth-order valence-electron chi connectivity index (χ4n) is 3.78. The van der Waals surface area contributed by atoms with Gasteiger partial charge in [0.2, 0.25) is 0 Å². The second-order valence-electron chi connectivity index (χ2n) is 8.27.